The Labute approximate surface area is 462 Å². The molecule has 10 rings (SSSR count). The van der Waals surface area contributed by atoms with E-state index in [1.165, 1.54) is 51.2 Å². The number of aliphatic hydroxyl groups excluding tert-OH is 2. The number of thioether (sulfide) groups is 2. The predicted octanol–water partition coefficient (Wildman–Crippen LogP) is 10.6. The first kappa shape index (κ1) is 62.0. The van der Waals surface area contributed by atoms with Gasteiger partial charge in [0.15, 0.2) is 10.3 Å². The maximum Gasteiger partial charge on any atom is 0.416 e. The van der Waals surface area contributed by atoms with E-state index in [1.807, 2.05) is 33.0 Å². The molecular formula is C53H56ClF9N10O4S2. The van der Waals surface area contributed by atoms with Gasteiger partial charge in [-0.05, 0) is 121 Å². The second kappa shape index (κ2) is 26.8. The fourth-order valence-corrected chi connectivity index (χ4v) is 10.5. The lowest BCUT2D eigenvalue weighted by Crippen LogP contribution is -2.46. The topological polar surface area (TPSA) is 148 Å². The van der Waals surface area contributed by atoms with Crippen LogP contribution in [-0.2, 0) is 41.2 Å². The minimum absolute atomic E-state index is 0.0307. The number of hydrogen-bond donors (Lipinski definition) is 2. The molecule has 0 aliphatic carbocycles. The summed E-state index contributed by atoms with van der Waals surface area (Å²) in [5.41, 5.74) is -1.07. The highest BCUT2D eigenvalue weighted by Gasteiger charge is 2.39. The third-order valence-corrected chi connectivity index (χ3v) is 14.8. The van der Waals surface area contributed by atoms with E-state index < -0.39 is 35.2 Å². The molecular weight excluding hydrogens is 1110 g/mol. The number of aromatic nitrogens is 4. The fraction of sp³-hybridized carbons (Fsp3) is 0.358. The molecule has 6 aromatic rings. The van der Waals surface area contributed by atoms with Crippen LogP contribution in [0.4, 0.5) is 39.5 Å². The number of amides is 2. The first-order valence-corrected chi connectivity index (χ1v) is 26.4. The van der Waals surface area contributed by atoms with E-state index in [0.717, 1.165) is 94.8 Å². The zero-order valence-electron chi connectivity index (χ0n) is 43.6. The van der Waals surface area contributed by atoms with Crippen LogP contribution >= 0.6 is 35.1 Å². The van der Waals surface area contributed by atoms with Crippen LogP contribution in [0.5, 0.6) is 0 Å². The molecule has 2 N–H and O–H groups in total. The first-order chi connectivity index (χ1) is 37.5. The number of nitrogens with zero attached hydrogens (tertiary/aromatic N) is 10. The van der Waals surface area contributed by atoms with E-state index in [0.29, 0.717) is 43.0 Å². The van der Waals surface area contributed by atoms with Crippen molar-refractivity contribution in [2.45, 2.75) is 45.5 Å². The monoisotopic (exact) mass is 1170 g/mol. The number of carbonyl (C=O) groups excluding carboxylic acids is 2. The number of amidine groups is 2. The summed E-state index contributed by atoms with van der Waals surface area (Å²) in [6.07, 6.45) is -7.81. The molecule has 424 valence electrons. The summed E-state index contributed by atoms with van der Waals surface area (Å²) in [5.74, 6) is -0.594. The SMILES string of the molecule is CC.CN1CCN(C2=NC(=O)/C(=C/c3ccc4c(cnn4Cc4ccc(C(F)(F)F)cc4C(F)(F)F)c3)S2)CC1.CN1CCN(C2=NC(=O)/C(=C/c3ccc4c(cnn4Cc4ccc(Cl)cc4C(F)(F)F)c3)S2)CC1.CO.CO. The Morgan fingerprint density at radius 3 is 1.33 bits per heavy atom. The second-order valence-electron chi connectivity index (χ2n) is 17.6. The Morgan fingerprint density at radius 2 is 0.937 bits per heavy atom. The maximum atomic E-state index is 13.6. The zero-order chi connectivity index (χ0) is 58.0. The fourth-order valence-electron chi connectivity index (χ4n) is 8.44. The number of piperazine rings is 2. The van der Waals surface area contributed by atoms with Crippen molar-refractivity contribution in [1.82, 2.24) is 39.2 Å². The van der Waals surface area contributed by atoms with E-state index in [4.69, 9.17) is 21.8 Å². The number of halogens is 10. The number of benzene rings is 4. The van der Waals surface area contributed by atoms with Crippen molar-refractivity contribution in [2.75, 3.05) is 80.7 Å². The van der Waals surface area contributed by atoms with Gasteiger partial charge in [-0.1, -0.05) is 49.7 Å². The Bertz CT molecular complexity index is 3250. The van der Waals surface area contributed by atoms with E-state index in [9.17, 15) is 49.1 Å². The number of carbonyl (C=O) groups is 2. The molecule has 0 bridgehead atoms. The van der Waals surface area contributed by atoms with Gasteiger partial charge in [-0.3, -0.25) is 19.0 Å². The Balaban J connectivity index is 0.000000234. The summed E-state index contributed by atoms with van der Waals surface area (Å²) in [6, 6.07) is 15.9. The van der Waals surface area contributed by atoms with E-state index in [-0.39, 0.29) is 47.1 Å². The molecule has 4 aliphatic heterocycles. The number of fused-ring (bicyclic) bond motifs is 2. The van der Waals surface area contributed by atoms with Crippen LogP contribution in [0.1, 0.15) is 52.8 Å². The molecule has 4 aliphatic rings. The molecule has 14 nitrogen and oxygen atoms in total. The number of likely N-dealkylation sites (N-methyl/N-ethyl adjacent to an activating group) is 2. The Hall–Kier alpha value is -6.22. The van der Waals surface area contributed by atoms with Gasteiger partial charge in [-0.15, -0.1) is 0 Å². The van der Waals surface area contributed by atoms with Gasteiger partial charge in [-0.2, -0.15) is 59.7 Å². The summed E-state index contributed by atoms with van der Waals surface area (Å²) in [5, 5.41) is 25.2. The highest BCUT2D eigenvalue weighted by atomic mass is 35.5. The lowest BCUT2D eigenvalue weighted by Gasteiger charge is -2.32. The number of hydrogen-bond acceptors (Lipinski definition) is 12. The van der Waals surface area contributed by atoms with Gasteiger partial charge in [0.2, 0.25) is 0 Å². The molecule has 2 amide bonds. The van der Waals surface area contributed by atoms with Gasteiger partial charge < -0.3 is 29.8 Å². The van der Waals surface area contributed by atoms with Gasteiger partial charge in [0.25, 0.3) is 11.8 Å². The summed E-state index contributed by atoms with van der Waals surface area (Å²) in [4.78, 5) is 43.0. The van der Waals surface area contributed by atoms with Crippen molar-refractivity contribution in [3.63, 3.8) is 0 Å². The molecule has 0 atom stereocenters. The van der Waals surface area contributed by atoms with Gasteiger partial charge >= 0.3 is 18.5 Å². The molecule has 0 radical (unpaired) electrons. The van der Waals surface area contributed by atoms with Gasteiger partial charge in [0.05, 0.1) is 63.0 Å². The minimum Gasteiger partial charge on any atom is -0.400 e. The van der Waals surface area contributed by atoms with E-state index >= 15 is 0 Å². The van der Waals surface area contributed by atoms with Gasteiger partial charge in [0, 0.05) is 82.4 Å². The smallest absolute Gasteiger partial charge is 0.400 e. The Kier molecular flexibility index (Phi) is 21.0. The van der Waals surface area contributed by atoms with Crippen molar-refractivity contribution < 1.29 is 59.3 Å². The summed E-state index contributed by atoms with van der Waals surface area (Å²) < 4.78 is 123. The van der Waals surface area contributed by atoms with Crippen LogP contribution in [0.15, 0.2) is 105 Å². The lowest BCUT2D eigenvalue weighted by molar-refractivity contribution is -0.143. The molecule has 0 unspecified atom stereocenters. The van der Waals surface area contributed by atoms with Crippen molar-refractivity contribution >= 4 is 91.2 Å². The number of aliphatic imine (C=N–C) groups is 2. The van der Waals surface area contributed by atoms with E-state index in [1.54, 1.807) is 42.6 Å². The number of rotatable bonds is 6. The standard InChI is InChI=1S/C25H21F6N5OS.C24H21ClF3N5OS.C2H6.2CH4O/c1-34-6-8-35(9-7-34)23-33-22(37)21(38-23)11-15-2-5-20-17(10-15)13-32-36(20)14-16-3-4-18(24(26,27)28)12-19(16)25(29,30)31;1-31-6-8-32(9-7-31)23-30-22(34)21(35-23)11-15-2-5-20-17(10-15)13-29-33(20)14-16-3-4-18(25)12-19(16)24(26,27)28;3*1-2/h2-5,10-13H,6-9,14H2,1H3;2-5,10-13H,6-9,14H2,1H3;1-2H3;2*2H,1H3/b2*21-11-;;;. The number of alkyl halides is 9. The average Bonchev–Trinajstić information content (AvgIpc) is 4.32. The highest BCUT2D eigenvalue weighted by Crippen LogP contribution is 2.39. The normalized spacial score (nSPS) is 17.4. The highest BCUT2D eigenvalue weighted by molar-refractivity contribution is 8.18. The largest absolute Gasteiger partial charge is 0.416 e. The van der Waals surface area contributed by atoms with Crippen LogP contribution in [0.25, 0.3) is 34.0 Å². The first-order valence-electron chi connectivity index (χ1n) is 24.4. The third-order valence-electron chi connectivity index (χ3n) is 12.5. The van der Waals surface area contributed by atoms with Crippen molar-refractivity contribution in [3.8, 4) is 0 Å². The minimum atomic E-state index is -4.96. The Morgan fingerprint density at radius 1 is 0.544 bits per heavy atom. The van der Waals surface area contributed by atoms with Crippen molar-refractivity contribution in [2.24, 2.45) is 9.98 Å². The average molecular weight is 1170 g/mol. The van der Waals surface area contributed by atoms with Crippen LogP contribution in [0.2, 0.25) is 5.02 Å². The van der Waals surface area contributed by atoms with Crippen molar-refractivity contribution in [3.05, 3.63) is 139 Å². The maximum absolute atomic E-state index is 13.6. The van der Waals surface area contributed by atoms with E-state index in [2.05, 4.69) is 46.8 Å². The quantitative estimate of drug-likeness (QED) is 0.121. The van der Waals surface area contributed by atoms with Crippen molar-refractivity contribution in [1.29, 1.82) is 0 Å². The zero-order valence-corrected chi connectivity index (χ0v) is 46.0. The molecule has 26 heteroatoms. The molecule has 6 heterocycles. The predicted molar refractivity (Wildman–Crippen MR) is 292 cm³/mol. The molecule has 2 aromatic heterocycles. The molecule has 4 aromatic carbocycles. The molecule has 2 fully saturated rings. The van der Waals surface area contributed by atoms with Crippen LogP contribution < -0.4 is 0 Å². The van der Waals surface area contributed by atoms with Gasteiger partial charge in [0.1, 0.15) is 0 Å². The van der Waals surface area contributed by atoms with Crippen LogP contribution in [-0.4, -0.2) is 152 Å². The second-order valence-corrected chi connectivity index (χ2v) is 20.1. The lowest BCUT2D eigenvalue weighted by atomic mass is 10.0. The summed E-state index contributed by atoms with van der Waals surface area (Å²) in [6.45, 7) is 10.4. The summed E-state index contributed by atoms with van der Waals surface area (Å²) in [7, 11) is 6.11. The molecule has 0 spiro atoms. The van der Waals surface area contributed by atoms with Gasteiger partial charge in [-0.25, -0.2) is 0 Å². The third kappa shape index (κ3) is 15.6. The number of aliphatic hydroxyl groups is 2. The summed E-state index contributed by atoms with van der Waals surface area (Å²) >= 11 is 8.46. The van der Waals surface area contributed by atoms with Crippen LogP contribution in [0.3, 0.4) is 0 Å². The molecule has 0 saturated carbocycles. The van der Waals surface area contributed by atoms with Crippen LogP contribution in [0, 0.1) is 0 Å². The molecule has 2 saturated heterocycles. The molecule has 79 heavy (non-hydrogen) atoms.